The maximum atomic E-state index is 13.0. The van der Waals surface area contributed by atoms with E-state index in [9.17, 15) is 23.1 Å². The van der Waals surface area contributed by atoms with Crippen LogP contribution < -0.4 is 0 Å². The van der Waals surface area contributed by atoms with Crippen molar-refractivity contribution in [3.05, 3.63) is 64.2 Å². The molecule has 0 aliphatic rings. The van der Waals surface area contributed by atoms with E-state index in [1.165, 1.54) is 19.1 Å². The fourth-order valence-electron chi connectivity index (χ4n) is 3.29. The molecule has 2 nitrogen and oxygen atoms in total. The van der Waals surface area contributed by atoms with Crippen LogP contribution in [0.2, 0.25) is 0 Å². The highest BCUT2D eigenvalue weighted by Gasteiger charge is 2.32. The Kier molecular flexibility index (Phi) is 6.72. The summed E-state index contributed by atoms with van der Waals surface area (Å²) in [6.07, 6.45) is -4.42. The number of halogens is 3. The average Bonchev–Trinajstić information content (AvgIpc) is 2.57. The van der Waals surface area contributed by atoms with Gasteiger partial charge in [-0.25, -0.2) is 0 Å². The van der Waals surface area contributed by atoms with E-state index < -0.39 is 17.0 Å². The summed E-state index contributed by atoms with van der Waals surface area (Å²) < 4.78 is 38.9. The minimum atomic E-state index is -4.42. The number of phenolic OH excluding ortho intramolecular Hbond substituents is 1. The van der Waals surface area contributed by atoms with Crippen molar-refractivity contribution in [3.63, 3.8) is 0 Å². The fourth-order valence-corrected chi connectivity index (χ4v) is 4.19. The molecule has 1 unspecified atom stereocenters. The number of benzene rings is 2. The van der Waals surface area contributed by atoms with Crippen molar-refractivity contribution in [3.8, 4) is 5.75 Å². The maximum absolute atomic E-state index is 13.0. The molecule has 0 aromatic heterocycles. The number of thioether (sulfide) groups is 1. The first-order valence-corrected chi connectivity index (χ1v) is 10.6. The number of aromatic hydroxyl groups is 1. The molecule has 2 rings (SSSR count). The van der Waals surface area contributed by atoms with Crippen LogP contribution in [0.5, 0.6) is 5.75 Å². The number of alkyl halides is 3. The van der Waals surface area contributed by atoms with Crippen molar-refractivity contribution < 1.29 is 23.1 Å². The molecular formula is C24H29F3O2S. The van der Waals surface area contributed by atoms with Crippen molar-refractivity contribution >= 4 is 16.9 Å². The van der Waals surface area contributed by atoms with Gasteiger partial charge in [-0.15, -0.1) is 0 Å². The van der Waals surface area contributed by atoms with E-state index in [4.69, 9.17) is 0 Å². The maximum Gasteiger partial charge on any atom is 0.416 e. The zero-order chi connectivity index (χ0) is 23.1. The molecular weight excluding hydrogens is 409 g/mol. The quantitative estimate of drug-likeness (QED) is 0.543. The lowest BCUT2D eigenvalue weighted by molar-refractivity contribution is -0.137. The standard InChI is InChI=1S/C24H29F3O2S/c1-14(28)30-21(15-8-10-17(11-9-15)24(25,26)27)16-12-18(22(2,3)4)20(29)19(13-16)23(5,6)7/h8-13,21,29H,1-7H3. The number of hydrogen-bond donors (Lipinski definition) is 1. The molecule has 1 N–H and O–H groups in total. The van der Waals surface area contributed by atoms with E-state index in [0.29, 0.717) is 5.56 Å². The smallest absolute Gasteiger partial charge is 0.416 e. The number of phenols is 1. The van der Waals surface area contributed by atoms with Gasteiger partial charge < -0.3 is 5.11 Å². The summed E-state index contributed by atoms with van der Waals surface area (Å²) in [7, 11) is 0. The zero-order valence-corrected chi connectivity index (χ0v) is 19.3. The number of carbonyl (C=O) groups excluding carboxylic acids is 1. The second-order valence-corrected chi connectivity index (χ2v) is 10.9. The lowest BCUT2D eigenvalue weighted by Crippen LogP contribution is -2.18. The second kappa shape index (κ2) is 8.29. The first kappa shape index (κ1) is 24.3. The SMILES string of the molecule is CC(=O)SC(c1ccc(C(F)(F)F)cc1)c1cc(C(C)(C)C)c(O)c(C(C)(C)C)c1. The van der Waals surface area contributed by atoms with Crippen LogP contribution >= 0.6 is 11.8 Å². The van der Waals surface area contributed by atoms with Crippen molar-refractivity contribution in [1.82, 2.24) is 0 Å². The van der Waals surface area contributed by atoms with Crippen molar-refractivity contribution in [2.75, 3.05) is 0 Å². The van der Waals surface area contributed by atoms with Crippen molar-refractivity contribution in [2.45, 2.75) is 70.7 Å². The van der Waals surface area contributed by atoms with Gasteiger partial charge in [0, 0.05) is 6.92 Å². The van der Waals surface area contributed by atoms with Gasteiger partial charge in [0.2, 0.25) is 0 Å². The van der Waals surface area contributed by atoms with Crippen LogP contribution in [0.15, 0.2) is 36.4 Å². The first-order valence-electron chi connectivity index (χ1n) is 9.74. The molecule has 0 aliphatic heterocycles. The summed E-state index contributed by atoms with van der Waals surface area (Å²) in [5.74, 6) is 0.220. The Hall–Kier alpha value is -1.95. The third-order valence-corrected chi connectivity index (χ3v) is 5.99. The van der Waals surface area contributed by atoms with E-state index in [0.717, 1.165) is 40.6 Å². The van der Waals surface area contributed by atoms with Gasteiger partial charge in [-0.3, -0.25) is 4.79 Å². The molecule has 0 radical (unpaired) electrons. The van der Waals surface area contributed by atoms with Gasteiger partial charge in [-0.1, -0.05) is 77.6 Å². The Morgan fingerprint density at radius 2 is 1.30 bits per heavy atom. The molecule has 0 aliphatic carbocycles. The first-order chi connectivity index (χ1) is 13.5. The lowest BCUT2D eigenvalue weighted by atomic mass is 9.78. The summed E-state index contributed by atoms with van der Waals surface area (Å²) in [6, 6.07) is 8.65. The zero-order valence-electron chi connectivity index (χ0n) is 18.4. The summed E-state index contributed by atoms with van der Waals surface area (Å²) in [5, 5.41) is 10.3. The Balaban J connectivity index is 2.72. The minimum Gasteiger partial charge on any atom is -0.507 e. The number of rotatable bonds is 3. The molecule has 6 heteroatoms. The van der Waals surface area contributed by atoms with Crippen LogP contribution in [0.4, 0.5) is 13.2 Å². The Morgan fingerprint density at radius 3 is 1.63 bits per heavy atom. The number of carbonyl (C=O) groups is 1. The minimum absolute atomic E-state index is 0.136. The van der Waals surface area contributed by atoms with Crippen LogP contribution in [-0.4, -0.2) is 10.2 Å². The highest BCUT2D eigenvalue weighted by Crippen LogP contribution is 2.45. The van der Waals surface area contributed by atoms with Gasteiger partial charge >= 0.3 is 6.18 Å². The van der Waals surface area contributed by atoms with Crippen molar-refractivity contribution in [1.29, 1.82) is 0 Å². The molecule has 0 fully saturated rings. The summed E-state index contributed by atoms with van der Waals surface area (Å²) in [6.45, 7) is 13.4. The molecule has 0 saturated carbocycles. The normalized spacial score (nSPS) is 13.9. The van der Waals surface area contributed by atoms with Gasteiger partial charge in [0.05, 0.1) is 10.8 Å². The molecule has 2 aromatic rings. The predicted octanol–water partition coefficient (Wildman–Crippen LogP) is 7.38. The number of hydrogen-bond acceptors (Lipinski definition) is 3. The van der Waals surface area contributed by atoms with Crippen LogP contribution in [0.1, 0.15) is 81.5 Å². The Bertz CT molecular complexity index is 882. The largest absolute Gasteiger partial charge is 0.507 e. The van der Waals surface area contributed by atoms with Crippen LogP contribution in [0.3, 0.4) is 0 Å². The Labute approximate surface area is 180 Å². The van der Waals surface area contributed by atoms with Gasteiger partial charge in [0.15, 0.2) is 5.12 Å². The van der Waals surface area contributed by atoms with Gasteiger partial charge in [0.1, 0.15) is 5.75 Å². The average molecular weight is 439 g/mol. The highest BCUT2D eigenvalue weighted by atomic mass is 32.2. The second-order valence-electron chi connectivity index (χ2n) is 9.57. The van der Waals surface area contributed by atoms with E-state index in [1.54, 1.807) is 0 Å². The van der Waals surface area contributed by atoms with Crippen LogP contribution in [0.25, 0.3) is 0 Å². The predicted molar refractivity (Wildman–Crippen MR) is 117 cm³/mol. The van der Waals surface area contributed by atoms with Gasteiger partial charge in [-0.2, -0.15) is 13.2 Å². The van der Waals surface area contributed by atoms with E-state index >= 15 is 0 Å². The van der Waals surface area contributed by atoms with Crippen LogP contribution in [0, 0.1) is 0 Å². The third-order valence-electron chi connectivity index (χ3n) is 4.88. The summed E-state index contributed by atoms with van der Waals surface area (Å²) in [4.78, 5) is 12.0. The molecule has 0 bridgehead atoms. The van der Waals surface area contributed by atoms with E-state index in [1.807, 2.05) is 53.7 Å². The van der Waals surface area contributed by atoms with Gasteiger partial charge in [0.25, 0.3) is 0 Å². The monoisotopic (exact) mass is 438 g/mol. The molecule has 0 amide bonds. The van der Waals surface area contributed by atoms with Crippen LogP contribution in [-0.2, 0) is 21.8 Å². The third kappa shape index (κ3) is 5.60. The Morgan fingerprint density at radius 1 is 0.867 bits per heavy atom. The topological polar surface area (TPSA) is 37.3 Å². The highest BCUT2D eigenvalue weighted by molar-refractivity contribution is 8.13. The molecule has 0 heterocycles. The fraction of sp³-hybridized carbons (Fsp3) is 0.458. The van der Waals surface area contributed by atoms with E-state index in [-0.39, 0.29) is 21.7 Å². The van der Waals surface area contributed by atoms with Crippen molar-refractivity contribution in [2.24, 2.45) is 0 Å². The molecule has 0 saturated heterocycles. The molecule has 164 valence electrons. The molecule has 0 spiro atoms. The molecule has 30 heavy (non-hydrogen) atoms. The van der Waals surface area contributed by atoms with Gasteiger partial charge in [-0.05, 0) is 45.2 Å². The summed E-state index contributed by atoms with van der Waals surface area (Å²) >= 11 is 1.06. The molecule has 1 atom stereocenters. The molecule has 2 aromatic carbocycles. The summed E-state index contributed by atoms with van der Waals surface area (Å²) in [5.41, 5.74) is 1.43. The van der Waals surface area contributed by atoms with E-state index in [2.05, 4.69) is 0 Å². The lowest BCUT2D eigenvalue weighted by Gasteiger charge is -2.30.